The molecule has 2 unspecified atom stereocenters. The number of hydrogen-bond donors (Lipinski definition) is 2. The van der Waals surface area contributed by atoms with Crippen LogP contribution in [0, 0.1) is 5.92 Å². The van der Waals surface area contributed by atoms with Gasteiger partial charge in [0.05, 0.1) is 4.90 Å². The molecule has 1 fully saturated rings. The van der Waals surface area contributed by atoms with Crippen LogP contribution in [0.1, 0.15) is 46.1 Å². The van der Waals surface area contributed by atoms with Gasteiger partial charge in [-0.25, -0.2) is 13.2 Å². The first-order valence-electron chi connectivity index (χ1n) is 10.6. The number of likely N-dealkylation sites (tertiary alicyclic amines) is 1. The third-order valence-electron chi connectivity index (χ3n) is 5.59. The lowest BCUT2D eigenvalue weighted by atomic mass is 9.99. The van der Waals surface area contributed by atoms with E-state index in [1.54, 1.807) is 24.3 Å². The predicted octanol–water partition coefficient (Wildman–Crippen LogP) is 2.64. The van der Waals surface area contributed by atoms with Gasteiger partial charge in [0, 0.05) is 38.8 Å². The molecule has 8 heteroatoms. The minimum atomic E-state index is -3.45. The average molecular weight is 425 g/mol. The van der Waals surface area contributed by atoms with Crippen LogP contribution >= 0.6 is 0 Å². The van der Waals surface area contributed by atoms with Crippen LogP contribution in [-0.4, -0.2) is 62.4 Å². The maximum Gasteiger partial charge on any atom is 0.315 e. The minimum absolute atomic E-state index is 0.207. The molecule has 1 aromatic carbocycles. The number of nitrogens with zero attached hydrogens (tertiary/aromatic N) is 2. The normalized spacial score (nSPS) is 19.1. The molecule has 2 rings (SSSR count). The molecule has 164 valence electrons. The molecule has 0 aromatic heterocycles. The molecule has 29 heavy (non-hydrogen) atoms. The first-order valence-corrected chi connectivity index (χ1v) is 12.1. The van der Waals surface area contributed by atoms with E-state index in [2.05, 4.69) is 29.4 Å². The van der Waals surface area contributed by atoms with E-state index in [1.165, 1.54) is 17.1 Å². The van der Waals surface area contributed by atoms with Crippen molar-refractivity contribution in [1.82, 2.24) is 19.8 Å². The third kappa shape index (κ3) is 6.69. The van der Waals surface area contributed by atoms with E-state index >= 15 is 0 Å². The smallest absolute Gasteiger partial charge is 0.315 e. The number of carbonyl (C=O) groups excluding carboxylic acids is 1. The van der Waals surface area contributed by atoms with Crippen molar-refractivity contribution in [1.29, 1.82) is 0 Å². The molecule has 7 nitrogen and oxygen atoms in total. The molecule has 0 spiro atoms. The van der Waals surface area contributed by atoms with Crippen LogP contribution in [0.25, 0.3) is 0 Å². The van der Waals surface area contributed by atoms with E-state index in [0.29, 0.717) is 38.1 Å². The molecule has 0 aliphatic carbocycles. The van der Waals surface area contributed by atoms with Gasteiger partial charge in [0.2, 0.25) is 10.0 Å². The van der Waals surface area contributed by atoms with Crippen molar-refractivity contribution in [2.45, 2.75) is 58.0 Å². The fourth-order valence-corrected chi connectivity index (χ4v) is 5.19. The highest BCUT2D eigenvalue weighted by atomic mass is 32.2. The fraction of sp³-hybridized carbons (Fsp3) is 0.667. The monoisotopic (exact) mass is 424 g/mol. The van der Waals surface area contributed by atoms with Crippen molar-refractivity contribution < 1.29 is 13.2 Å². The molecule has 0 radical (unpaired) electrons. The summed E-state index contributed by atoms with van der Waals surface area (Å²) in [5.74, 6) is 0.716. The van der Waals surface area contributed by atoms with Crippen LogP contribution in [0.3, 0.4) is 0 Å². The minimum Gasteiger partial charge on any atom is -0.337 e. The van der Waals surface area contributed by atoms with E-state index < -0.39 is 10.0 Å². The molecule has 1 aliphatic heterocycles. The second kappa shape index (κ2) is 10.9. The molecule has 1 aliphatic rings. The van der Waals surface area contributed by atoms with E-state index in [9.17, 15) is 13.2 Å². The lowest BCUT2D eigenvalue weighted by Gasteiger charge is -2.35. The van der Waals surface area contributed by atoms with Crippen LogP contribution in [0.15, 0.2) is 29.2 Å². The molecule has 1 aromatic rings. The summed E-state index contributed by atoms with van der Waals surface area (Å²) >= 11 is 0. The summed E-state index contributed by atoms with van der Waals surface area (Å²) in [6, 6.07) is 6.79. The first-order chi connectivity index (χ1) is 13.8. The van der Waals surface area contributed by atoms with Gasteiger partial charge in [-0.3, -0.25) is 4.90 Å². The van der Waals surface area contributed by atoms with Gasteiger partial charge in [-0.05, 0) is 49.9 Å². The Morgan fingerprint density at radius 2 is 1.86 bits per heavy atom. The average Bonchev–Trinajstić information content (AvgIpc) is 2.71. The predicted molar refractivity (Wildman–Crippen MR) is 116 cm³/mol. The van der Waals surface area contributed by atoms with Crippen molar-refractivity contribution in [2.75, 3.05) is 32.7 Å². The van der Waals surface area contributed by atoms with Gasteiger partial charge in [-0.15, -0.1) is 0 Å². The van der Waals surface area contributed by atoms with Gasteiger partial charge in [0.15, 0.2) is 0 Å². The number of amides is 2. The van der Waals surface area contributed by atoms with Gasteiger partial charge >= 0.3 is 6.03 Å². The second-order valence-electron chi connectivity index (χ2n) is 7.89. The number of piperidine rings is 1. The summed E-state index contributed by atoms with van der Waals surface area (Å²) in [5, 5.41) is 5.78. The van der Waals surface area contributed by atoms with Gasteiger partial charge in [-0.1, -0.05) is 32.9 Å². The maximum atomic E-state index is 12.5. The molecular weight excluding hydrogens is 388 g/mol. The Morgan fingerprint density at radius 1 is 1.21 bits per heavy atom. The Morgan fingerprint density at radius 3 is 2.45 bits per heavy atom. The van der Waals surface area contributed by atoms with Crippen LogP contribution < -0.4 is 10.6 Å². The van der Waals surface area contributed by atoms with Gasteiger partial charge in [0.1, 0.15) is 0 Å². The van der Waals surface area contributed by atoms with Crippen LogP contribution in [-0.2, 0) is 16.6 Å². The molecule has 0 saturated carbocycles. The van der Waals surface area contributed by atoms with Gasteiger partial charge in [0.25, 0.3) is 0 Å². The summed E-state index contributed by atoms with van der Waals surface area (Å²) in [4.78, 5) is 14.8. The van der Waals surface area contributed by atoms with Crippen LogP contribution in [0.5, 0.6) is 0 Å². The zero-order chi connectivity index (χ0) is 21.4. The van der Waals surface area contributed by atoms with E-state index in [1.807, 2.05) is 13.8 Å². The van der Waals surface area contributed by atoms with Crippen LogP contribution in [0.4, 0.5) is 4.79 Å². The van der Waals surface area contributed by atoms with Gasteiger partial charge in [-0.2, -0.15) is 4.31 Å². The fourth-order valence-electron chi connectivity index (χ4n) is 3.73. The lowest BCUT2D eigenvalue weighted by molar-refractivity contribution is 0.137. The third-order valence-corrected chi connectivity index (χ3v) is 7.65. The van der Waals surface area contributed by atoms with E-state index in [0.717, 1.165) is 18.7 Å². The van der Waals surface area contributed by atoms with E-state index in [-0.39, 0.29) is 10.9 Å². The second-order valence-corrected chi connectivity index (χ2v) is 9.83. The molecule has 1 heterocycles. The number of nitrogens with one attached hydrogen (secondary N) is 2. The van der Waals surface area contributed by atoms with Crippen molar-refractivity contribution in [3.05, 3.63) is 29.8 Å². The highest BCUT2D eigenvalue weighted by Gasteiger charge is 2.22. The zero-order valence-electron chi connectivity index (χ0n) is 18.1. The van der Waals surface area contributed by atoms with E-state index in [4.69, 9.17) is 0 Å². The molecule has 2 N–H and O–H groups in total. The number of hydrogen-bond acceptors (Lipinski definition) is 4. The van der Waals surface area contributed by atoms with Crippen molar-refractivity contribution in [3.8, 4) is 0 Å². The van der Waals surface area contributed by atoms with Crippen molar-refractivity contribution in [2.24, 2.45) is 5.92 Å². The molecule has 2 atom stereocenters. The summed E-state index contributed by atoms with van der Waals surface area (Å²) in [7, 11) is -3.45. The number of benzene rings is 1. The quantitative estimate of drug-likeness (QED) is 0.638. The zero-order valence-corrected chi connectivity index (χ0v) is 19.0. The van der Waals surface area contributed by atoms with Gasteiger partial charge < -0.3 is 10.6 Å². The Hall–Kier alpha value is -1.64. The number of carbonyl (C=O) groups is 1. The molecule has 1 saturated heterocycles. The summed E-state index contributed by atoms with van der Waals surface area (Å²) in [6.07, 6.45) is 2.50. The summed E-state index contributed by atoms with van der Waals surface area (Å²) < 4.78 is 26.5. The highest BCUT2D eigenvalue weighted by molar-refractivity contribution is 7.89. The topological polar surface area (TPSA) is 81.8 Å². The molecule has 2 amide bonds. The SMILES string of the molecule is CCN(CC)S(=O)(=O)c1ccc(CNC(=O)NCC(C)N2CCCC(C)C2)cc1. The Bertz CT molecular complexity index is 748. The Labute approximate surface area is 175 Å². The Balaban J connectivity index is 1.80. The van der Waals surface area contributed by atoms with Crippen molar-refractivity contribution >= 4 is 16.1 Å². The highest BCUT2D eigenvalue weighted by Crippen LogP contribution is 2.18. The summed E-state index contributed by atoms with van der Waals surface area (Å²) in [6.45, 7) is 12.1. The largest absolute Gasteiger partial charge is 0.337 e. The standard InChI is InChI=1S/C21H36N4O3S/c1-5-25(6-2)29(27,28)20-11-9-19(10-12-20)15-23-21(26)22-14-18(4)24-13-7-8-17(3)16-24/h9-12,17-18H,5-8,13-16H2,1-4H3,(H2,22,23,26). The summed E-state index contributed by atoms with van der Waals surface area (Å²) in [5.41, 5.74) is 0.858. The number of urea groups is 1. The Kier molecular flexibility index (Phi) is 8.92. The van der Waals surface area contributed by atoms with Crippen molar-refractivity contribution in [3.63, 3.8) is 0 Å². The molecule has 0 bridgehead atoms. The number of rotatable bonds is 9. The lowest BCUT2D eigenvalue weighted by Crippen LogP contribution is -2.48. The maximum absolute atomic E-state index is 12.5. The number of sulfonamides is 1. The van der Waals surface area contributed by atoms with Crippen LogP contribution in [0.2, 0.25) is 0 Å². The first kappa shape index (κ1) is 23.6. The molecular formula is C21H36N4O3S.